The summed E-state index contributed by atoms with van der Waals surface area (Å²) in [7, 11) is -3.39. The van der Waals surface area contributed by atoms with Crippen molar-refractivity contribution in [1.29, 1.82) is 0 Å². The average molecular weight is 387 g/mol. The molecule has 0 radical (unpaired) electrons. The van der Waals surface area contributed by atoms with Gasteiger partial charge in [-0.15, -0.1) is 0 Å². The number of pyridine rings is 1. The monoisotopic (exact) mass is 387 g/mol. The molecule has 3 aromatic rings. The summed E-state index contributed by atoms with van der Waals surface area (Å²) in [4.78, 5) is 20.9. The van der Waals surface area contributed by atoms with E-state index in [0.717, 1.165) is 17.2 Å². The lowest BCUT2D eigenvalue weighted by Gasteiger charge is -2.14. The first-order valence-electron chi connectivity index (χ1n) is 8.38. The van der Waals surface area contributed by atoms with E-state index < -0.39 is 10.0 Å². The molecule has 0 aliphatic carbocycles. The van der Waals surface area contributed by atoms with E-state index in [1.807, 2.05) is 20.8 Å². The predicted molar refractivity (Wildman–Crippen MR) is 107 cm³/mol. The summed E-state index contributed by atoms with van der Waals surface area (Å²) in [6.07, 6.45) is 2.75. The lowest BCUT2D eigenvalue weighted by atomic mass is 10.2. The third-order valence-electron chi connectivity index (χ3n) is 3.97. The second-order valence-corrected chi connectivity index (χ2v) is 8.39. The smallest absolute Gasteiger partial charge is 0.252 e. The molecule has 0 atom stereocenters. The van der Waals surface area contributed by atoms with E-state index in [9.17, 15) is 13.2 Å². The van der Waals surface area contributed by atoms with Crippen molar-refractivity contribution in [1.82, 2.24) is 14.5 Å². The molecule has 27 heavy (non-hydrogen) atoms. The van der Waals surface area contributed by atoms with Gasteiger partial charge in [-0.1, -0.05) is 6.07 Å². The van der Waals surface area contributed by atoms with Gasteiger partial charge in [0.2, 0.25) is 16.0 Å². The van der Waals surface area contributed by atoms with Crippen molar-refractivity contribution in [3.63, 3.8) is 0 Å². The summed E-state index contributed by atoms with van der Waals surface area (Å²) in [5.74, 6) is 0.316. The Hall–Kier alpha value is -2.94. The minimum Gasteiger partial charge on any atom is -0.324 e. The third kappa shape index (κ3) is 4.25. The zero-order chi connectivity index (χ0) is 19.8. The minimum atomic E-state index is -3.39. The lowest BCUT2D eigenvalue weighted by molar-refractivity contribution is 0.595. The number of rotatable bonds is 5. The Bertz CT molecular complexity index is 1170. The van der Waals surface area contributed by atoms with Gasteiger partial charge in [0.1, 0.15) is 5.65 Å². The van der Waals surface area contributed by atoms with E-state index >= 15 is 0 Å². The van der Waals surface area contributed by atoms with Crippen LogP contribution in [-0.4, -0.2) is 29.2 Å². The average Bonchev–Trinajstić information content (AvgIpc) is 2.56. The summed E-state index contributed by atoms with van der Waals surface area (Å²) in [5.41, 5.74) is 2.30. The van der Waals surface area contributed by atoms with Crippen LogP contribution in [0, 0.1) is 6.92 Å². The fourth-order valence-corrected chi connectivity index (χ4v) is 3.36. The molecule has 0 saturated heterocycles. The number of hydrogen-bond acceptors (Lipinski definition) is 6. The fraction of sp³-hybridized carbons (Fsp3) is 0.278. The second-order valence-electron chi connectivity index (χ2n) is 6.64. The number of sulfonamides is 1. The standard InChI is InChI=1S/C18H21N5O3S/c1-11(2)23-16(24)8-6-13-10-19-18(21-17(13)23)20-14-7-5-12(3)15(9-14)22-27(4,25)26/h5-11,22H,1-4H3,(H,19,20,21). The highest BCUT2D eigenvalue weighted by Gasteiger charge is 2.11. The maximum absolute atomic E-state index is 12.2. The Morgan fingerprint density at radius 1 is 1.15 bits per heavy atom. The molecular weight excluding hydrogens is 366 g/mol. The number of nitrogens with one attached hydrogen (secondary N) is 2. The van der Waals surface area contributed by atoms with Gasteiger partial charge in [-0.3, -0.25) is 14.1 Å². The normalized spacial score (nSPS) is 11.7. The third-order valence-corrected chi connectivity index (χ3v) is 4.56. The van der Waals surface area contributed by atoms with Crippen LogP contribution in [0.15, 0.2) is 41.3 Å². The zero-order valence-corrected chi connectivity index (χ0v) is 16.3. The molecule has 0 spiro atoms. The number of hydrogen-bond donors (Lipinski definition) is 2. The highest BCUT2D eigenvalue weighted by Crippen LogP contribution is 2.23. The molecule has 0 bridgehead atoms. The maximum Gasteiger partial charge on any atom is 0.252 e. The minimum absolute atomic E-state index is 0.0473. The van der Waals surface area contributed by atoms with Crippen LogP contribution in [0.2, 0.25) is 0 Å². The molecule has 9 heteroatoms. The number of anilines is 3. The van der Waals surface area contributed by atoms with E-state index in [0.29, 0.717) is 23.0 Å². The van der Waals surface area contributed by atoms with Crippen LogP contribution in [0.4, 0.5) is 17.3 Å². The van der Waals surface area contributed by atoms with Crippen molar-refractivity contribution in [2.24, 2.45) is 0 Å². The van der Waals surface area contributed by atoms with Crippen LogP contribution in [0.1, 0.15) is 25.5 Å². The second kappa shape index (κ2) is 6.99. The van der Waals surface area contributed by atoms with Crippen LogP contribution < -0.4 is 15.6 Å². The molecule has 2 aromatic heterocycles. The quantitative estimate of drug-likeness (QED) is 0.697. The van der Waals surface area contributed by atoms with Crippen molar-refractivity contribution < 1.29 is 8.42 Å². The van der Waals surface area contributed by atoms with Gasteiger partial charge in [0.15, 0.2) is 0 Å². The fourth-order valence-electron chi connectivity index (χ4n) is 2.74. The highest BCUT2D eigenvalue weighted by atomic mass is 32.2. The zero-order valence-electron chi connectivity index (χ0n) is 15.5. The lowest BCUT2D eigenvalue weighted by Crippen LogP contribution is -2.22. The molecule has 0 aliphatic rings. The predicted octanol–water partition coefficient (Wildman–Crippen LogP) is 2.80. The molecule has 0 unspecified atom stereocenters. The largest absolute Gasteiger partial charge is 0.324 e. The molecule has 8 nitrogen and oxygen atoms in total. The number of fused-ring (bicyclic) bond motifs is 1. The highest BCUT2D eigenvalue weighted by molar-refractivity contribution is 7.92. The molecule has 0 amide bonds. The number of nitrogens with zero attached hydrogens (tertiary/aromatic N) is 3. The van der Waals surface area contributed by atoms with Crippen LogP contribution in [0.25, 0.3) is 11.0 Å². The SMILES string of the molecule is Cc1ccc(Nc2ncc3ccc(=O)n(C(C)C)c3n2)cc1NS(C)(=O)=O. The number of benzene rings is 1. The Morgan fingerprint density at radius 3 is 2.56 bits per heavy atom. The van der Waals surface area contributed by atoms with E-state index in [4.69, 9.17) is 0 Å². The number of aryl methyl sites for hydroxylation is 1. The van der Waals surface area contributed by atoms with Gasteiger partial charge in [-0.2, -0.15) is 4.98 Å². The van der Waals surface area contributed by atoms with Crippen LogP contribution >= 0.6 is 0 Å². The van der Waals surface area contributed by atoms with E-state index in [-0.39, 0.29) is 11.6 Å². The van der Waals surface area contributed by atoms with Gasteiger partial charge >= 0.3 is 0 Å². The Balaban J connectivity index is 2.01. The molecule has 2 N–H and O–H groups in total. The number of aromatic nitrogens is 3. The van der Waals surface area contributed by atoms with Crippen molar-refractivity contribution in [3.05, 3.63) is 52.4 Å². The van der Waals surface area contributed by atoms with Crippen molar-refractivity contribution >= 4 is 38.4 Å². The summed E-state index contributed by atoms with van der Waals surface area (Å²) >= 11 is 0. The molecule has 2 heterocycles. The summed E-state index contributed by atoms with van der Waals surface area (Å²) in [5, 5.41) is 3.82. The molecule has 3 rings (SSSR count). The van der Waals surface area contributed by atoms with Crippen molar-refractivity contribution in [2.75, 3.05) is 16.3 Å². The molecule has 142 valence electrons. The first-order chi connectivity index (χ1) is 12.6. The van der Waals surface area contributed by atoms with Crippen molar-refractivity contribution in [2.45, 2.75) is 26.8 Å². The van der Waals surface area contributed by atoms with Gasteiger partial charge in [-0.25, -0.2) is 13.4 Å². The van der Waals surface area contributed by atoms with Gasteiger partial charge in [0.25, 0.3) is 5.56 Å². The van der Waals surface area contributed by atoms with Gasteiger partial charge < -0.3 is 5.32 Å². The topological polar surface area (TPSA) is 106 Å². The van der Waals surface area contributed by atoms with E-state index in [2.05, 4.69) is 20.0 Å². The van der Waals surface area contributed by atoms with Crippen LogP contribution in [0.3, 0.4) is 0 Å². The molecule has 1 aromatic carbocycles. The van der Waals surface area contributed by atoms with Gasteiger partial charge in [-0.05, 0) is 44.5 Å². The van der Waals surface area contributed by atoms with Gasteiger partial charge in [0, 0.05) is 29.4 Å². The Labute approximate surface area is 157 Å². The Morgan fingerprint density at radius 2 is 1.89 bits per heavy atom. The van der Waals surface area contributed by atoms with Crippen LogP contribution in [0.5, 0.6) is 0 Å². The molecule has 0 saturated carbocycles. The van der Waals surface area contributed by atoms with Crippen molar-refractivity contribution in [3.8, 4) is 0 Å². The molecule has 0 fully saturated rings. The maximum atomic E-state index is 12.2. The van der Waals surface area contributed by atoms with E-state index in [1.54, 1.807) is 35.0 Å². The van der Waals surface area contributed by atoms with E-state index in [1.165, 1.54) is 6.07 Å². The van der Waals surface area contributed by atoms with Gasteiger partial charge in [0.05, 0.1) is 11.9 Å². The first kappa shape index (κ1) is 18.8. The summed E-state index contributed by atoms with van der Waals surface area (Å²) < 4.78 is 27.1. The molecular formula is C18H21N5O3S. The summed E-state index contributed by atoms with van der Waals surface area (Å²) in [6.45, 7) is 5.64. The Kier molecular flexibility index (Phi) is 4.88. The summed E-state index contributed by atoms with van der Waals surface area (Å²) in [6, 6.07) is 8.42. The van der Waals surface area contributed by atoms with Crippen LogP contribution in [-0.2, 0) is 10.0 Å². The first-order valence-corrected chi connectivity index (χ1v) is 10.3. The molecule has 0 aliphatic heterocycles.